The van der Waals surface area contributed by atoms with E-state index in [2.05, 4.69) is 24.8 Å². The smallest absolute Gasteiger partial charge is 0.354 e. The molecular formula is C25H28FN5O4S. The van der Waals surface area contributed by atoms with E-state index in [1.165, 1.54) is 17.7 Å². The molecule has 36 heavy (non-hydrogen) atoms. The predicted molar refractivity (Wildman–Crippen MR) is 137 cm³/mol. The van der Waals surface area contributed by atoms with Crippen molar-refractivity contribution in [1.82, 2.24) is 19.5 Å². The van der Waals surface area contributed by atoms with Gasteiger partial charge >= 0.3 is 5.97 Å². The molecular weight excluding hydrogens is 485 g/mol. The summed E-state index contributed by atoms with van der Waals surface area (Å²) in [6.45, 7) is 8.01. The first-order valence-electron chi connectivity index (χ1n) is 11.6. The van der Waals surface area contributed by atoms with Crippen molar-refractivity contribution >= 4 is 34.0 Å². The lowest BCUT2D eigenvalue weighted by Crippen LogP contribution is -2.12. The molecule has 3 aromatic heterocycles. The molecule has 1 N–H and O–H groups in total. The molecule has 3 heterocycles. The number of carbonyl (C=O) groups excluding carboxylic acids is 1. The van der Waals surface area contributed by atoms with Crippen molar-refractivity contribution in [3.63, 3.8) is 0 Å². The molecule has 9 nitrogen and oxygen atoms in total. The molecule has 0 bridgehead atoms. The largest absolute Gasteiger partial charge is 0.474 e. The Labute approximate surface area is 212 Å². The zero-order chi connectivity index (χ0) is 25.7. The average molecular weight is 514 g/mol. The molecule has 1 aromatic carbocycles. The minimum Gasteiger partial charge on any atom is -0.474 e. The van der Waals surface area contributed by atoms with Crippen LogP contribution in [0.15, 0.2) is 36.7 Å². The van der Waals surface area contributed by atoms with Crippen molar-refractivity contribution < 1.29 is 23.4 Å². The van der Waals surface area contributed by atoms with Crippen LogP contribution in [0.2, 0.25) is 0 Å². The van der Waals surface area contributed by atoms with Gasteiger partial charge in [-0.1, -0.05) is 12.1 Å². The molecule has 0 unspecified atom stereocenters. The van der Waals surface area contributed by atoms with Crippen LogP contribution in [-0.4, -0.2) is 51.6 Å². The summed E-state index contributed by atoms with van der Waals surface area (Å²) in [6, 6.07) is 9.40. The SMILES string of the molecule is CCOC(=O)c1sc(-c2cc(NCCn3c(C)cc4cccc(OCF)c43)ncn2)nc1OC(C)C. The summed E-state index contributed by atoms with van der Waals surface area (Å²) < 4.78 is 31.0. The number of aromatic nitrogens is 4. The minimum atomic E-state index is -0.885. The molecule has 0 spiro atoms. The van der Waals surface area contributed by atoms with Gasteiger partial charge in [-0.15, -0.1) is 11.3 Å². The Morgan fingerprint density at radius 2 is 2.08 bits per heavy atom. The van der Waals surface area contributed by atoms with Crippen LogP contribution in [0.5, 0.6) is 11.6 Å². The highest BCUT2D eigenvalue weighted by Crippen LogP contribution is 2.33. The molecule has 0 saturated carbocycles. The Morgan fingerprint density at radius 3 is 2.83 bits per heavy atom. The summed E-state index contributed by atoms with van der Waals surface area (Å²) in [5.41, 5.74) is 2.45. The normalized spacial score (nSPS) is 11.2. The Morgan fingerprint density at radius 1 is 1.25 bits per heavy atom. The number of hydrogen-bond acceptors (Lipinski definition) is 9. The maximum Gasteiger partial charge on any atom is 0.354 e. The summed E-state index contributed by atoms with van der Waals surface area (Å²) in [4.78, 5) is 25.8. The zero-order valence-electron chi connectivity index (χ0n) is 20.6. The second kappa shape index (κ2) is 11.3. The number of thiazole rings is 1. The van der Waals surface area contributed by atoms with E-state index in [-0.39, 0.29) is 18.6 Å². The van der Waals surface area contributed by atoms with Crippen LogP contribution in [0.25, 0.3) is 21.6 Å². The van der Waals surface area contributed by atoms with Gasteiger partial charge in [-0.2, -0.15) is 4.98 Å². The van der Waals surface area contributed by atoms with Gasteiger partial charge in [0.2, 0.25) is 12.7 Å². The molecule has 0 amide bonds. The van der Waals surface area contributed by atoms with E-state index >= 15 is 0 Å². The quantitative estimate of drug-likeness (QED) is 0.272. The number of benzene rings is 1. The molecule has 0 aliphatic carbocycles. The number of halogens is 1. The second-order valence-electron chi connectivity index (χ2n) is 8.14. The number of aryl methyl sites for hydroxylation is 1. The van der Waals surface area contributed by atoms with Crippen molar-refractivity contribution in [2.75, 3.05) is 25.3 Å². The number of hydrogen-bond donors (Lipinski definition) is 1. The number of rotatable bonds is 11. The van der Waals surface area contributed by atoms with Crippen molar-refractivity contribution in [3.05, 3.63) is 47.2 Å². The highest BCUT2D eigenvalue weighted by atomic mass is 32.1. The molecule has 190 valence electrons. The molecule has 11 heteroatoms. The van der Waals surface area contributed by atoms with Gasteiger partial charge < -0.3 is 24.1 Å². The van der Waals surface area contributed by atoms with Gasteiger partial charge in [0.15, 0.2) is 4.88 Å². The Balaban J connectivity index is 1.52. The molecule has 0 atom stereocenters. The molecule has 0 aliphatic heterocycles. The van der Waals surface area contributed by atoms with Gasteiger partial charge in [0, 0.05) is 30.2 Å². The number of nitrogens with zero attached hydrogens (tertiary/aromatic N) is 4. The fourth-order valence-electron chi connectivity index (χ4n) is 3.80. The monoisotopic (exact) mass is 513 g/mol. The number of esters is 1. The van der Waals surface area contributed by atoms with E-state index in [0.717, 1.165) is 16.6 Å². The molecule has 0 fully saturated rings. The molecule has 4 rings (SSSR count). The first kappa shape index (κ1) is 25.4. The second-order valence-corrected chi connectivity index (χ2v) is 9.14. The molecule has 0 saturated heterocycles. The standard InChI is InChI=1S/C25H28FN5O4S/c1-5-33-25(32)22-23(35-15(2)3)30-24(36-22)18-12-20(29-14-28-18)27-9-10-31-16(4)11-17-7-6-8-19(21(17)31)34-13-26/h6-8,11-12,14-15H,5,9-10,13H2,1-4H3,(H,27,28,29). The van der Waals surface area contributed by atoms with E-state index in [0.29, 0.717) is 40.2 Å². The number of nitrogens with one attached hydrogen (secondary N) is 1. The van der Waals surface area contributed by atoms with Gasteiger partial charge in [-0.25, -0.2) is 19.2 Å². The number of ether oxygens (including phenoxy) is 3. The molecule has 0 radical (unpaired) electrons. The van der Waals surface area contributed by atoms with Crippen LogP contribution in [-0.2, 0) is 11.3 Å². The van der Waals surface area contributed by atoms with Crippen LogP contribution in [0.4, 0.5) is 10.2 Å². The topological polar surface area (TPSA) is 100 Å². The van der Waals surface area contributed by atoms with Gasteiger partial charge in [-0.3, -0.25) is 0 Å². The predicted octanol–water partition coefficient (Wildman–Crippen LogP) is 5.25. The maximum absolute atomic E-state index is 12.9. The van der Waals surface area contributed by atoms with Crippen molar-refractivity contribution in [2.45, 2.75) is 40.3 Å². The summed E-state index contributed by atoms with van der Waals surface area (Å²) in [7, 11) is 0. The first-order valence-corrected chi connectivity index (χ1v) is 12.4. The van der Waals surface area contributed by atoms with Crippen LogP contribution in [0.3, 0.4) is 0 Å². The zero-order valence-corrected chi connectivity index (χ0v) is 21.4. The first-order chi connectivity index (χ1) is 17.4. The number of para-hydroxylation sites is 1. The van der Waals surface area contributed by atoms with E-state index in [9.17, 15) is 9.18 Å². The fourth-order valence-corrected chi connectivity index (χ4v) is 4.66. The lowest BCUT2D eigenvalue weighted by molar-refractivity contribution is 0.0525. The lowest BCUT2D eigenvalue weighted by Gasteiger charge is -2.12. The Kier molecular flexibility index (Phi) is 7.99. The Hall–Kier alpha value is -3.73. The third-order valence-electron chi connectivity index (χ3n) is 5.23. The minimum absolute atomic E-state index is 0.153. The Bertz CT molecular complexity index is 1350. The summed E-state index contributed by atoms with van der Waals surface area (Å²) in [5.74, 6) is 0.870. The average Bonchev–Trinajstić information content (AvgIpc) is 3.40. The highest BCUT2D eigenvalue weighted by Gasteiger charge is 2.23. The number of anilines is 1. The summed E-state index contributed by atoms with van der Waals surface area (Å²) in [6.07, 6.45) is 1.29. The van der Waals surface area contributed by atoms with E-state index in [1.807, 2.05) is 39.0 Å². The van der Waals surface area contributed by atoms with Crippen LogP contribution >= 0.6 is 11.3 Å². The van der Waals surface area contributed by atoms with Gasteiger partial charge in [0.25, 0.3) is 0 Å². The molecule has 0 aliphatic rings. The third kappa shape index (κ3) is 5.56. The van der Waals surface area contributed by atoms with Gasteiger partial charge in [-0.05, 0) is 39.8 Å². The van der Waals surface area contributed by atoms with Crippen LogP contribution in [0.1, 0.15) is 36.1 Å². The van der Waals surface area contributed by atoms with Gasteiger partial charge in [0.05, 0.1) is 18.2 Å². The lowest BCUT2D eigenvalue weighted by atomic mass is 10.2. The van der Waals surface area contributed by atoms with Crippen LogP contribution < -0.4 is 14.8 Å². The summed E-state index contributed by atoms with van der Waals surface area (Å²) >= 11 is 1.17. The maximum atomic E-state index is 12.9. The highest BCUT2D eigenvalue weighted by molar-refractivity contribution is 7.17. The van der Waals surface area contributed by atoms with Crippen molar-refractivity contribution in [1.29, 1.82) is 0 Å². The van der Waals surface area contributed by atoms with Crippen molar-refractivity contribution in [3.8, 4) is 22.3 Å². The number of carbonyl (C=O) groups is 1. The van der Waals surface area contributed by atoms with E-state index in [4.69, 9.17) is 14.2 Å². The number of alkyl halides is 1. The van der Waals surface area contributed by atoms with Crippen molar-refractivity contribution in [2.24, 2.45) is 0 Å². The number of fused-ring (bicyclic) bond motifs is 1. The van der Waals surface area contributed by atoms with E-state index in [1.54, 1.807) is 19.1 Å². The fraction of sp³-hybridized carbons (Fsp3) is 0.360. The molecule has 4 aromatic rings. The summed E-state index contributed by atoms with van der Waals surface area (Å²) in [5, 5.41) is 4.82. The van der Waals surface area contributed by atoms with Crippen LogP contribution in [0, 0.1) is 6.92 Å². The van der Waals surface area contributed by atoms with Gasteiger partial charge in [0.1, 0.15) is 28.6 Å². The third-order valence-corrected chi connectivity index (χ3v) is 6.27. The van der Waals surface area contributed by atoms with E-state index < -0.39 is 12.8 Å².